The largest absolute Gasteiger partial charge is 0.348 e. The molecule has 3 nitrogen and oxygen atoms in total. The molecule has 3 heteroatoms. The molecule has 0 fully saturated rings. The maximum Gasteiger partial charge on any atom is 0.234 e. The van der Waals surface area contributed by atoms with Crippen LogP contribution in [0.5, 0.6) is 0 Å². The van der Waals surface area contributed by atoms with Gasteiger partial charge in [0.2, 0.25) is 5.91 Å². The van der Waals surface area contributed by atoms with Crippen molar-refractivity contribution in [2.45, 2.75) is 26.8 Å². The molecule has 1 aromatic carbocycles. The fraction of sp³-hybridized carbons (Fsp3) is 0.417. The van der Waals surface area contributed by atoms with E-state index in [0.29, 0.717) is 0 Å². The molecule has 1 atom stereocenters. The molecular weight excluding hydrogens is 188 g/mol. The van der Waals surface area contributed by atoms with Crippen LogP contribution in [-0.4, -0.2) is 12.5 Å². The molecule has 0 aromatic heterocycles. The van der Waals surface area contributed by atoms with Crippen LogP contribution in [0.4, 0.5) is 0 Å². The minimum Gasteiger partial charge on any atom is -0.348 e. The highest BCUT2D eigenvalue weighted by molar-refractivity contribution is 5.78. The fourth-order valence-electron chi connectivity index (χ4n) is 1.13. The molecule has 0 aliphatic rings. The van der Waals surface area contributed by atoms with Crippen molar-refractivity contribution in [2.75, 3.05) is 6.54 Å². The molecular formula is C12H20N2O. The average Bonchev–Trinajstić information content (AvgIpc) is 2.32. The highest BCUT2D eigenvalue weighted by atomic mass is 16.1. The van der Waals surface area contributed by atoms with Gasteiger partial charge in [-0.2, -0.15) is 0 Å². The maximum absolute atomic E-state index is 11.0. The van der Waals surface area contributed by atoms with Crippen LogP contribution in [-0.2, 0) is 4.79 Å². The first kappa shape index (κ1) is 13.7. The molecule has 0 aliphatic heterocycles. The van der Waals surface area contributed by atoms with E-state index in [4.69, 9.17) is 5.73 Å². The summed E-state index contributed by atoms with van der Waals surface area (Å²) in [7, 11) is 0. The van der Waals surface area contributed by atoms with Crippen LogP contribution in [0.15, 0.2) is 30.3 Å². The van der Waals surface area contributed by atoms with E-state index >= 15 is 0 Å². The Morgan fingerprint density at radius 1 is 1.33 bits per heavy atom. The molecule has 1 amide bonds. The van der Waals surface area contributed by atoms with Gasteiger partial charge in [0.1, 0.15) is 0 Å². The predicted octanol–water partition coefficient (Wildman–Crippen LogP) is 1.85. The topological polar surface area (TPSA) is 55.1 Å². The number of amides is 1. The van der Waals surface area contributed by atoms with Gasteiger partial charge in [0.25, 0.3) is 0 Å². The molecule has 15 heavy (non-hydrogen) atoms. The Labute approximate surface area is 91.7 Å². The van der Waals surface area contributed by atoms with Gasteiger partial charge in [0.15, 0.2) is 0 Å². The van der Waals surface area contributed by atoms with Crippen molar-refractivity contribution in [3.05, 3.63) is 35.9 Å². The van der Waals surface area contributed by atoms with E-state index in [9.17, 15) is 4.79 Å². The zero-order valence-electron chi connectivity index (χ0n) is 9.66. The van der Waals surface area contributed by atoms with Crippen molar-refractivity contribution in [1.29, 1.82) is 0 Å². The first-order chi connectivity index (χ1) is 7.24. The van der Waals surface area contributed by atoms with Gasteiger partial charge in [-0.05, 0) is 12.5 Å². The summed E-state index contributed by atoms with van der Waals surface area (Å²) in [6, 6.07) is 9.81. The molecule has 84 valence electrons. The van der Waals surface area contributed by atoms with Crippen LogP contribution in [0.3, 0.4) is 0 Å². The number of hydrogen-bond acceptors (Lipinski definition) is 2. The number of benzene rings is 1. The first-order valence-corrected chi connectivity index (χ1v) is 5.28. The molecule has 1 rings (SSSR count). The zero-order chi connectivity index (χ0) is 11.7. The van der Waals surface area contributed by atoms with Gasteiger partial charge in [-0.25, -0.2) is 0 Å². The molecule has 0 spiro atoms. The van der Waals surface area contributed by atoms with Crippen molar-refractivity contribution < 1.29 is 4.79 Å². The number of hydrogen-bond donors (Lipinski definition) is 2. The minimum absolute atomic E-state index is 0.0252. The first-order valence-electron chi connectivity index (χ1n) is 5.28. The van der Waals surface area contributed by atoms with E-state index in [0.717, 1.165) is 5.56 Å². The summed E-state index contributed by atoms with van der Waals surface area (Å²) >= 11 is 0. The molecule has 1 aromatic rings. The Morgan fingerprint density at radius 2 is 1.87 bits per heavy atom. The SMILES string of the molecule is CC.CC(NC(=O)CN)c1ccccc1. The van der Waals surface area contributed by atoms with E-state index in [1.54, 1.807) is 0 Å². The van der Waals surface area contributed by atoms with Crippen LogP contribution < -0.4 is 11.1 Å². The second kappa shape index (κ2) is 8.00. The maximum atomic E-state index is 11.0. The Kier molecular flexibility index (Phi) is 7.28. The van der Waals surface area contributed by atoms with Gasteiger partial charge in [-0.1, -0.05) is 44.2 Å². The summed E-state index contributed by atoms with van der Waals surface area (Å²) < 4.78 is 0. The van der Waals surface area contributed by atoms with Crippen molar-refractivity contribution in [1.82, 2.24) is 5.32 Å². The summed E-state index contributed by atoms with van der Waals surface area (Å²) in [6.45, 7) is 5.97. The molecule has 0 saturated heterocycles. The van der Waals surface area contributed by atoms with Gasteiger partial charge >= 0.3 is 0 Å². The van der Waals surface area contributed by atoms with Gasteiger partial charge in [0.05, 0.1) is 12.6 Å². The summed E-state index contributed by atoms with van der Waals surface area (Å²) in [5.74, 6) is -0.128. The summed E-state index contributed by atoms with van der Waals surface area (Å²) in [4.78, 5) is 11.0. The summed E-state index contributed by atoms with van der Waals surface area (Å²) in [5.41, 5.74) is 6.27. The zero-order valence-corrected chi connectivity index (χ0v) is 9.66. The quantitative estimate of drug-likeness (QED) is 0.796. The molecule has 0 heterocycles. The van der Waals surface area contributed by atoms with Crippen molar-refractivity contribution in [2.24, 2.45) is 5.73 Å². The Hall–Kier alpha value is -1.35. The lowest BCUT2D eigenvalue weighted by atomic mass is 10.1. The lowest BCUT2D eigenvalue weighted by Crippen LogP contribution is -2.32. The van der Waals surface area contributed by atoms with Crippen LogP contribution in [0.1, 0.15) is 32.4 Å². The highest BCUT2D eigenvalue weighted by Gasteiger charge is 2.06. The molecule has 3 N–H and O–H groups in total. The normalized spacial score (nSPS) is 10.9. The van der Waals surface area contributed by atoms with E-state index in [1.807, 2.05) is 51.1 Å². The summed E-state index contributed by atoms with van der Waals surface area (Å²) in [6.07, 6.45) is 0. The minimum atomic E-state index is -0.128. The molecule has 0 radical (unpaired) electrons. The second-order valence-electron chi connectivity index (χ2n) is 2.90. The average molecular weight is 208 g/mol. The fourth-order valence-corrected chi connectivity index (χ4v) is 1.13. The number of rotatable bonds is 3. The van der Waals surface area contributed by atoms with Crippen LogP contribution in [0.25, 0.3) is 0 Å². The molecule has 1 unspecified atom stereocenters. The third kappa shape index (κ3) is 5.18. The Balaban J connectivity index is 0.000000921. The van der Waals surface area contributed by atoms with Gasteiger partial charge in [0, 0.05) is 0 Å². The monoisotopic (exact) mass is 208 g/mol. The van der Waals surface area contributed by atoms with Gasteiger partial charge in [-0.3, -0.25) is 4.79 Å². The van der Waals surface area contributed by atoms with E-state index in [2.05, 4.69) is 5.32 Å². The molecule has 0 bridgehead atoms. The van der Waals surface area contributed by atoms with Crippen molar-refractivity contribution >= 4 is 5.91 Å². The third-order valence-corrected chi connectivity index (χ3v) is 1.86. The Bertz CT molecular complexity index is 272. The third-order valence-electron chi connectivity index (χ3n) is 1.86. The smallest absolute Gasteiger partial charge is 0.234 e. The van der Waals surface area contributed by atoms with Crippen LogP contribution in [0.2, 0.25) is 0 Å². The second-order valence-corrected chi connectivity index (χ2v) is 2.90. The summed E-state index contributed by atoms with van der Waals surface area (Å²) in [5, 5.41) is 2.78. The number of nitrogens with one attached hydrogen (secondary N) is 1. The van der Waals surface area contributed by atoms with E-state index in [1.165, 1.54) is 0 Å². The number of carbonyl (C=O) groups excluding carboxylic acids is 1. The van der Waals surface area contributed by atoms with Crippen molar-refractivity contribution in [3.63, 3.8) is 0 Å². The van der Waals surface area contributed by atoms with Crippen LogP contribution in [0, 0.1) is 0 Å². The Morgan fingerprint density at radius 3 is 2.33 bits per heavy atom. The predicted molar refractivity (Wildman–Crippen MR) is 63.4 cm³/mol. The van der Waals surface area contributed by atoms with Crippen LogP contribution >= 0.6 is 0 Å². The lowest BCUT2D eigenvalue weighted by Gasteiger charge is -2.12. The number of carbonyl (C=O) groups is 1. The highest BCUT2D eigenvalue weighted by Crippen LogP contribution is 2.10. The molecule has 0 aliphatic carbocycles. The van der Waals surface area contributed by atoms with Gasteiger partial charge < -0.3 is 11.1 Å². The standard InChI is InChI=1S/C10H14N2O.C2H6/c1-8(12-10(13)7-11)9-5-3-2-4-6-9;1-2/h2-6,8H,7,11H2,1H3,(H,12,13);1-2H3. The van der Waals surface area contributed by atoms with Gasteiger partial charge in [-0.15, -0.1) is 0 Å². The van der Waals surface area contributed by atoms with Crippen molar-refractivity contribution in [3.8, 4) is 0 Å². The van der Waals surface area contributed by atoms with E-state index in [-0.39, 0.29) is 18.5 Å². The lowest BCUT2D eigenvalue weighted by molar-refractivity contribution is -0.120. The number of nitrogens with two attached hydrogens (primary N) is 1. The van der Waals surface area contributed by atoms with E-state index < -0.39 is 0 Å². The molecule has 0 saturated carbocycles.